The quantitative estimate of drug-likeness (QED) is 0.788. The minimum Gasteiger partial charge on any atom is -0.356 e. The van der Waals surface area contributed by atoms with Crippen molar-refractivity contribution in [1.29, 1.82) is 5.26 Å². The summed E-state index contributed by atoms with van der Waals surface area (Å²) in [4.78, 5) is 23.0. The lowest BCUT2D eigenvalue weighted by Crippen LogP contribution is -2.47. The van der Waals surface area contributed by atoms with Crippen LogP contribution in [0.1, 0.15) is 18.5 Å². The third-order valence-corrected chi connectivity index (χ3v) is 5.15. The molecule has 0 N–H and O–H groups in total. The van der Waals surface area contributed by atoms with Crippen LogP contribution in [0.3, 0.4) is 0 Å². The Morgan fingerprint density at radius 3 is 2.04 bits per heavy atom. The second-order valence-corrected chi connectivity index (χ2v) is 6.89. The van der Waals surface area contributed by atoms with E-state index in [2.05, 4.69) is 30.9 Å². The summed E-state index contributed by atoms with van der Waals surface area (Å²) in [5.41, 5.74) is 0.321. The van der Waals surface area contributed by atoms with Crippen molar-refractivity contribution in [2.24, 2.45) is 0 Å². The molecule has 2 fully saturated rings. The van der Waals surface area contributed by atoms with Gasteiger partial charge in [-0.2, -0.15) is 5.26 Å². The van der Waals surface area contributed by atoms with Crippen LogP contribution in [-0.2, 0) is 0 Å². The molecule has 28 heavy (non-hydrogen) atoms. The van der Waals surface area contributed by atoms with Crippen LogP contribution in [0.2, 0.25) is 0 Å². The van der Waals surface area contributed by atoms with Crippen LogP contribution >= 0.6 is 0 Å². The lowest BCUT2D eigenvalue weighted by Gasteiger charge is -2.36. The average molecular weight is 386 g/mol. The van der Waals surface area contributed by atoms with Crippen molar-refractivity contribution >= 4 is 17.5 Å². The van der Waals surface area contributed by atoms with Gasteiger partial charge in [-0.25, -0.2) is 28.7 Å². The number of anilines is 3. The smallest absolute Gasteiger partial charge is 0.251 e. The molecule has 0 aliphatic carbocycles. The molecule has 2 aliphatic rings. The molecule has 0 bridgehead atoms. The van der Waals surface area contributed by atoms with Gasteiger partial charge in [-0.1, -0.05) is 0 Å². The maximum absolute atomic E-state index is 13.4. The SMILES string of the molecule is N#Cc1nccnc1N1CCN(c2cc(N3CCC(F)(F)CC3)ncn2)CC1. The normalized spacial score (nSPS) is 19.4. The minimum atomic E-state index is -2.58. The van der Waals surface area contributed by atoms with E-state index in [-0.39, 0.29) is 12.8 Å². The fourth-order valence-corrected chi connectivity index (χ4v) is 3.53. The van der Waals surface area contributed by atoms with E-state index in [0.29, 0.717) is 56.6 Å². The summed E-state index contributed by atoms with van der Waals surface area (Å²) < 4.78 is 26.8. The van der Waals surface area contributed by atoms with E-state index in [0.717, 1.165) is 5.82 Å². The number of nitrogens with zero attached hydrogens (tertiary/aromatic N) is 8. The van der Waals surface area contributed by atoms with E-state index in [1.807, 2.05) is 15.9 Å². The van der Waals surface area contributed by atoms with E-state index in [1.54, 1.807) is 6.20 Å². The molecule has 4 rings (SSSR count). The first-order chi connectivity index (χ1) is 13.6. The monoisotopic (exact) mass is 386 g/mol. The summed E-state index contributed by atoms with van der Waals surface area (Å²) in [6.07, 6.45) is 4.29. The number of aromatic nitrogens is 4. The Labute approximate surface area is 161 Å². The van der Waals surface area contributed by atoms with Crippen LogP contribution in [0.25, 0.3) is 0 Å². The maximum Gasteiger partial charge on any atom is 0.251 e. The molecular weight excluding hydrogens is 366 g/mol. The van der Waals surface area contributed by atoms with Crippen molar-refractivity contribution < 1.29 is 8.78 Å². The molecule has 0 radical (unpaired) electrons. The fourth-order valence-electron chi connectivity index (χ4n) is 3.53. The molecule has 0 spiro atoms. The van der Waals surface area contributed by atoms with Gasteiger partial charge in [0.05, 0.1) is 0 Å². The highest BCUT2D eigenvalue weighted by atomic mass is 19.3. The van der Waals surface area contributed by atoms with Crippen LogP contribution in [0.4, 0.5) is 26.2 Å². The molecule has 0 atom stereocenters. The second-order valence-electron chi connectivity index (χ2n) is 6.89. The molecular formula is C18H20F2N8. The summed E-state index contributed by atoms with van der Waals surface area (Å²) in [7, 11) is 0. The molecule has 2 aliphatic heterocycles. The van der Waals surface area contributed by atoms with Gasteiger partial charge < -0.3 is 14.7 Å². The first-order valence-electron chi connectivity index (χ1n) is 9.21. The number of piperidine rings is 1. The number of hydrogen-bond acceptors (Lipinski definition) is 8. The Kier molecular flexibility index (Phi) is 4.90. The Morgan fingerprint density at radius 2 is 1.39 bits per heavy atom. The predicted molar refractivity (Wildman–Crippen MR) is 99.6 cm³/mol. The Bertz CT molecular complexity index is 866. The van der Waals surface area contributed by atoms with Gasteiger partial charge in [-0.15, -0.1) is 0 Å². The zero-order valence-corrected chi connectivity index (χ0v) is 15.3. The van der Waals surface area contributed by atoms with Crippen LogP contribution in [-0.4, -0.2) is 65.1 Å². The highest BCUT2D eigenvalue weighted by Gasteiger charge is 2.34. The third kappa shape index (κ3) is 3.78. The number of hydrogen-bond donors (Lipinski definition) is 0. The minimum absolute atomic E-state index is 0.148. The molecule has 8 nitrogen and oxygen atoms in total. The largest absolute Gasteiger partial charge is 0.356 e. The molecule has 4 heterocycles. The maximum atomic E-state index is 13.4. The number of rotatable bonds is 3. The van der Waals surface area contributed by atoms with E-state index in [4.69, 9.17) is 0 Å². The first kappa shape index (κ1) is 18.3. The summed E-state index contributed by atoms with van der Waals surface area (Å²) in [6, 6.07) is 3.94. The summed E-state index contributed by atoms with van der Waals surface area (Å²) in [6.45, 7) is 3.36. The first-order valence-corrected chi connectivity index (χ1v) is 9.21. The lowest BCUT2D eigenvalue weighted by molar-refractivity contribution is -0.0221. The van der Waals surface area contributed by atoms with Gasteiger partial charge in [0.2, 0.25) is 0 Å². The molecule has 10 heteroatoms. The van der Waals surface area contributed by atoms with Crippen molar-refractivity contribution in [1.82, 2.24) is 19.9 Å². The Balaban J connectivity index is 1.42. The molecule has 0 amide bonds. The van der Waals surface area contributed by atoms with Crippen molar-refractivity contribution in [3.8, 4) is 6.07 Å². The van der Waals surface area contributed by atoms with Crippen molar-refractivity contribution in [2.45, 2.75) is 18.8 Å². The molecule has 2 aromatic heterocycles. The van der Waals surface area contributed by atoms with Crippen LogP contribution < -0.4 is 14.7 Å². The highest BCUT2D eigenvalue weighted by molar-refractivity contribution is 5.54. The third-order valence-electron chi connectivity index (χ3n) is 5.15. The van der Waals surface area contributed by atoms with E-state index < -0.39 is 5.92 Å². The van der Waals surface area contributed by atoms with Gasteiger partial charge in [0.1, 0.15) is 24.0 Å². The van der Waals surface area contributed by atoms with Crippen LogP contribution in [0.5, 0.6) is 0 Å². The zero-order chi connectivity index (χ0) is 19.6. The second kappa shape index (κ2) is 7.50. The Morgan fingerprint density at radius 1 is 0.821 bits per heavy atom. The van der Waals surface area contributed by atoms with Gasteiger partial charge in [-0.3, -0.25) is 0 Å². The topological polar surface area (TPSA) is 85.1 Å². The van der Waals surface area contributed by atoms with Crippen molar-refractivity contribution in [3.63, 3.8) is 0 Å². The lowest BCUT2D eigenvalue weighted by atomic mass is 10.1. The summed E-state index contributed by atoms with van der Waals surface area (Å²) in [5.74, 6) is -0.516. The standard InChI is InChI=1S/C18H20F2N8/c19-18(20)1-5-26(6-2-18)15-11-16(25-13-24-15)27-7-9-28(10-8-27)17-14(12-21)22-3-4-23-17/h3-4,11,13H,1-2,5-10H2. The van der Waals surface area contributed by atoms with Crippen molar-refractivity contribution in [3.05, 3.63) is 30.5 Å². The van der Waals surface area contributed by atoms with Crippen LogP contribution in [0.15, 0.2) is 24.8 Å². The van der Waals surface area contributed by atoms with Gasteiger partial charge >= 0.3 is 0 Å². The number of halogens is 2. The number of nitriles is 1. The van der Waals surface area contributed by atoms with Gasteiger partial charge in [-0.05, 0) is 0 Å². The highest BCUT2D eigenvalue weighted by Crippen LogP contribution is 2.30. The molecule has 2 saturated heterocycles. The summed E-state index contributed by atoms with van der Waals surface area (Å²) >= 11 is 0. The zero-order valence-electron chi connectivity index (χ0n) is 15.3. The van der Waals surface area contributed by atoms with Crippen molar-refractivity contribution in [2.75, 3.05) is 54.0 Å². The molecule has 2 aromatic rings. The average Bonchev–Trinajstić information content (AvgIpc) is 2.74. The van der Waals surface area contributed by atoms with E-state index >= 15 is 0 Å². The summed E-state index contributed by atoms with van der Waals surface area (Å²) in [5, 5.41) is 9.21. The Hall–Kier alpha value is -3.09. The number of piperazine rings is 1. The van der Waals surface area contributed by atoms with Gasteiger partial charge in [0.25, 0.3) is 5.92 Å². The van der Waals surface area contributed by atoms with Crippen LogP contribution in [0, 0.1) is 11.3 Å². The van der Waals surface area contributed by atoms with E-state index in [9.17, 15) is 14.0 Å². The van der Waals surface area contributed by atoms with Gasteiger partial charge in [0.15, 0.2) is 11.5 Å². The fraction of sp³-hybridized carbons (Fsp3) is 0.500. The molecule has 146 valence electrons. The number of alkyl halides is 2. The molecule has 0 aromatic carbocycles. The van der Waals surface area contributed by atoms with Gasteiger partial charge in [0, 0.05) is 70.6 Å². The molecule has 0 unspecified atom stereocenters. The van der Waals surface area contributed by atoms with E-state index in [1.165, 1.54) is 12.5 Å². The molecule has 0 saturated carbocycles. The predicted octanol–water partition coefficient (Wildman–Crippen LogP) is 1.70.